The number of rotatable bonds is 6. The lowest BCUT2D eigenvalue weighted by molar-refractivity contribution is 0.0525. The summed E-state index contributed by atoms with van der Waals surface area (Å²) in [5, 5.41) is 5.30. The molecule has 0 saturated carbocycles. The van der Waals surface area contributed by atoms with E-state index in [0.29, 0.717) is 6.07 Å². The zero-order valence-electron chi connectivity index (χ0n) is 15.2. The van der Waals surface area contributed by atoms with E-state index in [9.17, 15) is 18.4 Å². The minimum atomic E-state index is -0.823. The van der Waals surface area contributed by atoms with Crippen LogP contribution in [-0.2, 0) is 9.47 Å². The lowest BCUT2D eigenvalue weighted by Gasteiger charge is -2.13. The second kappa shape index (κ2) is 9.75. The van der Waals surface area contributed by atoms with E-state index in [4.69, 9.17) is 21.7 Å². The highest BCUT2D eigenvalue weighted by molar-refractivity contribution is 7.80. The van der Waals surface area contributed by atoms with Crippen molar-refractivity contribution in [2.45, 2.75) is 13.8 Å². The summed E-state index contributed by atoms with van der Waals surface area (Å²) in [7, 11) is 0. The summed E-state index contributed by atoms with van der Waals surface area (Å²) in [6.45, 7) is 3.63. The minimum absolute atomic E-state index is 0.0266. The molecule has 28 heavy (non-hydrogen) atoms. The number of carbonyl (C=O) groups excluding carboxylic acids is 2. The van der Waals surface area contributed by atoms with Crippen molar-refractivity contribution in [3.63, 3.8) is 0 Å². The van der Waals surface area contributed by atoms with Crippen molar-refractivity contribution in [3.05, 3.63) is 59.2 Å². The van der Waals surface area contributed by atoms with Crippen molar-refractivity contribution in [2.24, 2.45) is 0 Å². The van der Waals surface area contributed by atoms with Gasteiger partial charge in [0.15, 0.2) is 5.11 Å². The molecule has 0 unspecified atom stereocenters. The molecular weight excluding hydrogens is 390 g/mol. The van der Waals surface area contributed by atoms with Gasteiger partial charge in [-0.25, -0.2) is 18.4 Å². The van der Waals surface area contributed by atoms with Crippen molar-refractivity contribution >= 4 is 40.6 Å². The highest BCUT2D eigenvalue weighted by atomic mass is 32.1. The van der Waals surface area contributed by atoms with Crippen molar-refractivity contribution < 1.29 is 27.8 Å². The number of benzene rings is 2. The Labute approximate surface area is 165 Å². The van der Waals surface area contributed by atoms with Gasteiger partial charge < -0.3 is 20.1 Å². The second-order valence-electron chi connectivity index (χ2n) is 5.44. The number of hydrogen-bond donors (Lipinski definition) is 2. The van der Waals surface area contributed by atoms with E-state index in [1.54, 1.807) is 13.8 Å². The third-order valence-corrected chi connectivity index (χ3v) is 3.60. The highest BCUT2D eigenvalue weighted by Crippen LogP contribution is 2.19. The van der Waals surface area contributed by atoms with Crippen LogP contribution in [0.3, 0.4) is 0 Å². The molecular formula is C19H18F2N2O4S. The van der Waals surface area contributed by atoms with E-state index in [-0.39, 0.29) is 40.8 Å². The molecule has 2 N–H and O–H groups in total. The fraction of sp³-hybridized carbons (Fsp3) is 0.211. The van der Waals surface area contributed by atoms with Crippen molar-refractivity contribution in [2.75, 3.05) is 23.8 Å². The number of esters is 2. The van der Waals surface area contributed by atoms with Crippen molar-refractivity contribution in [3.8, 4) is 0 Å². The Balaban J connectivity index is 2.25. The number of hydrogen-bond acceptors (Lipinski definition) is 5. The van der Waals surface area contributed by atoms with Crippen LogP contribution in [0.1, 0.15) is 34.6 Å². The number of halogens is 2. The van der Waals surface area contributed by atoms with Crippen LogP contribution in [-0.4, -0.2) is 30.3 Å². The molecule has 0 radical (unpaired) electrons. The van der Waals surface area contributed by atoms with Crippen molar-refractivity contribution in [1.82, 2.24) is 0 Å². The molecule has 0 saturated heterocycles. The Bertz CT molecular complexity index is 869. The number of anilines is 2. The van der Waals surface area contributed by atoms with Gasteiger partial charge >= 0.3 is 11.9 Å². The first-order chi connectivity index (χ1) is 13.3. The molecule has 6 nitrogen and oxygen atoms in total. The molecule has 0 aromatic heterocycles. The minimum Gasteiger partial charge on any atom is -0.462 e. The third-order valence-electron chi connectivity index (χ3n) is 3.39. The van der Waals surface area contributed by atoms with E-state index in [2.05, 4.69) is 10.6 Å². The molecule has 0 aliphatic heterocycles. The second-order valence-corrected chi connectivity index (χ2v) is 5.85. The van der Waals surface area contributed by atoms with Gasteiger partial charge in [-0.2, -0.15) is 0 Å². The maximum atomic E-state index is 13.7. The van der Waals surface area contributed by atoms with Crippen LogP contribution in [0.2, 0.25) is 0 Å². The fourth-order valence-corrected chi connectivity index (χ4v) is 2.47. The number of thiocarbonyl (C=S) groups is 1. The Morgan fingerprint density at radius 2 is 1.50 bits per heavy atom. The summed E-state index contributed by atoms with van der Waals surface area (Å²) in [6, 6.07) is 7.18. The molecule has 0 bridgehead atoms. The maximum absolute atomic E-state index is 13.7. The normalized spacial score (nSPS) is 10.1. The lowest BCUT2D eigenvalue weighted by Crippen LogP contribution is -2.20. The average Bonchev–Trinajstić information content (AvgIpc) is 2.64. The van der Waals surface area contributed by atoms with Gasteiger partial charge in [0.05, 0.1) is 30.0 Å². The lowest BCUT2D eigenvalue weighted by atomic mass is 10.1. The third kappa shape index (κ3) is 5.71. The van der Waals surface area contributed by atoms with E-state index in [0.717, 1.165) is 6.07 Å². The first-order valence-electron chi connectivity index (χ1n) is 8.36. The predicted molar refractivity (Wildman–Crippen MR) is 105 cm³/mol. The van der Waals surface area contributed by atoms with Crippen LogP contribution < -0.4 is 10.6 Å². The molecule has 9 heteroatoms. The molecule has 2 rings (SSSR count). The molecule has 0 aliphatic carbocycles. The van der Waals surface area contributed by atoms with Gasteiger partial charge in [-0.05, 0) is 56.4 Å². The van der Waals surface area contributed by atoms with Gasteiger partial charge in [0.1, 0.15) is 11.6 Å². The molecule has 0 atom stereocenters. The standard InChI is InChI=1S/C19H18F2N2O4S/c1-3-26-17(24)11-7-12(18(25)27-4-2)9-14(8-11)22-19(28)23-16-6-5-13(20)10-15(16)21/h5-10H,3-4H2,1-2H3,(H2,22,23,28). The van der Waals surface area contributed by atoms with Crippen LogP contribution in [0.15, 0.2) is 36.4 Å². The topological polar surface area (TPSA) is 76.7 Å². The SMILES string of the molecule is CCOC(=O)c1cc(NC(=S)Nc2ccc(F)cc2F)cc(C(=O)OCC)c1. The van der Waals surface area contributed by atoms with E-state index >= 15 is 0 Å². The van der Waals surface area contributed by atoms with Gasteiger partial charge in [0.2, 0.25) is 0 Å². The molecule has 0 fully saturated rings. The van der Waals surface area contributed by atoms with Crippen molar-refractivity contribution in [1.29, 1.82) is 0 Å². The summed E-state index contributed by atoms with van der Waals surface area (Å²) >= 11 is 5.12. The monoisotopic (exact) mass is 408 g/mol. The summed E-state index contributed by atoms with van der Waals surface area (Å²) in [5.74, 6) is -2.79. The summed E-state index contributed by atoms with van der Waals surface area (Å²) in [6.07, 6.45) is 0. The first-order valence-corrected chi connectivity index (χ1v) is 8.77. The van der Waals surface area contributed by atoms with Crippen LogP contribution in [0.5, 0.6) is 0 Å². The number of nitrogens with one attached hydrogen (secondary N) is 2. The van der Waals surface area contributed by atoms with Crippen LogP contribution >= 0.6 is 12.2 Å². The molecule has 2 aromatic carbocycles. The van der Waals surface area contributed by atoms with E-state index < -0.39 is 23.6 Å². The molecule has 0 amide bonds. The Kier molecular flexibility index (Phi) is 7.39. The molecule has 0 aliphatic rings. The molecule has 0 spiro atoms. The van der Waals surface area contributed by atoms with Gasteiger partial charge in [0, 0.05) is 11.8 Å². The average molecular weight is 408 g/mol. The van der Waals surface area contributed by atoms with E-state index in [1.165, 1.54) is 24.3 Å². The fourth-order valence-electron chi connectivity index (χ4n) is 2.24. The zero-order chi connectivity index (χ0) is 20.7. The van der Waals surface area contributed by atoms with Crippen LogP contribution in [0, 0.1) is 11.6 Å². The van der Waals surface area contributed by atoms with Crippen LogP contribution in [0.25, 0.3) is 0 Å². The predicted octanol–water partition coefficient (Wildman–Crippen LogP) is 4.13. The summed E-state index contributed by atoms with van der Waals surface area (Å²) < 4.78 is 36.6. The number of ether oxygens (including phenoxy) is 2. The Morgan fingerprint density at radius 1 is 0.929 bits per heavy atom. The first kappa shape index (κ1) is 21.2. The molecule has 2 aromatic rings. The molecule has 148 valence electrons. The van der Waals surface area contributed by atoms with Crippen LogP contribution in [0.4, 0.5) is 20.2 Å². The zero-order valence-corrected chi connectivity index (χ0v) is 16.0. The Hall–Kier alpha value is -3.07. The molecule has 0 heterocycles. The largest absolute Gasteiger partial charge is 0.462 e. The Morgan fingerprint density at radius 3 is 2.00 bits per heavy atom. The van der Waals surface area contributed by atoms with Gasteiger partial charge in [-0.3, -0.25) is 0 Å². The highest BCUT2D eigenvalue weighted by Gasteiger charge is 2.15. The van der Waals surface area contributed by atoms with Gasteiger partial charge in [-0.1, -0.05) is 0 Å². The van der Waals surface area contributed by atoms with Gasteiger partial charge in [-0.15, -0.1) is 0 Å². The van der Waals surface area contributed by atoms with Gasteiger partial charge in [0.25, 0.3) is 0 Å². The smallest absolute Gasteiger partial charge is 0.338 e. The maximum Gasteiger partial charge on any atom is 0.338 e. The van der Waals surface area contributed by atoms with E-state index in [1.807, 2.05) is 0 Å². The quantitative estimate of drug-likeness (QED) is 0.550. The summed E-state index contributed by atoms with van der Waals surface area (Å²) in [5.41, 5.74) is 0.482. The number of carbonyl (C=O) groups is 2. The summed E-state index contributed by atoms with van der Waals surface area (Å²) in [4.78, 5) is 24.1.